The van der Waals surface area contributed by atoms with Gasteiger partial charge < -0.3 is 18.8 Å². The summed E-state index contributed by atoms with van der Waals surface area (Å²) in [6, 6.07) is 8.30. The van der Waals surface area contributed by atoms with Crippen molar-refractivity contribution >= 4 is 28.4 Å². The third kappa shape index (κ3) is 4.54. The lowest BCUT2D eigenvalue weighted by molar-refractivity contribution is -0.153. The van der Waals surface area contributed by atoms with Gasteiger partial charge in [0.2, 0.25) is 6.23 Å². The van der Waals surface area contributed by atoms with E-state index in [-0.39, 0.29) is 23.3 Å². The number of hydrogen-bond donors (Lipinski definition) is 0. The second kappa shape index (κ2) is 8.27. The smallest absolute Gasteiger partial charge is 0.510 e. The van der Waals surface area contributed by atoms with Gasteiger partial charge in [-0.2, -0.15) is 18.2 Å². The first-order chi connectivity index (χ1) is 14.7. The molecular formula is C19H16F3N3O5S. The summed E-state index contributed by atoms with van der Waals surface area (Å²) in [5.74, 6) is -0.120. The van der Waals surface area contributed by atoms with E-state index in [1.807, 2.05) is 0 Å². The topological polar surface area (TPSA) is 98.5 Å². The fraction of sp³-hybridized carbons (Fsp3) is 0.316. The Bertz CT molecular complexity index is 1120. The van der Waals surface area contributed by atoms with Gasteiger partial charge in [-0.05, 0) is 25.1 Å². The predicted molar refractivity (Wildman–Crippen MR) is 102 cm³/mol. The first-order valence-corrected chi connectivity index (χ1v) is 10.4. The number of carbonyl (C=O) groups excluding carboxylic acids is 1. The van der Waals surface area contributed by atoms with Gasteiger partial charge >= 0.3 is 17.5 Å². The lowest BCUT2D eigenvalue weighted by Gasteiger charge is -2.16. The molecule has 164 valence electrons. The van der Waals surface area contributed by atoms with Crippen LogP contribution < -0.4 is 4.74 Å². The Morgan fingerprint density at radius 3 is 2.81 bits per heavy atom. The highest BCUT2D eigenvalue weighted by molar-refractivity contribution is 7.90. The molecule has 12 heteroatoms. The number of pyridine rings is 1. The summed E-state index contributed by atoms with van der Waals surface area (Å²) in [5.41, 5.74) is 1.79. The van der Waals surface area contributed by atoms with Crippen molar-refractivity contribution in [2.24, 2.45) is 0 Å². The summed E-state index contributed by atoms with van der Waals surface area (Å²) in [5, 5.41) is 0.132. The molecule has 0 spiro atoms. The number of alkyl halides is 3. The fourth-order valence-electron chi connectivity index (χ4n) is 3.12. The SMILES string of the molecule is Cc1c(OCC(F)(F)F)ccnc1C[S+]([O-])c1nc2ccccc2n1C1COC(=O)O1. The van der Waals surface area contributed by atoms with Crippen LogP contribution in [0.5, 0.6) is 5.75 Å². The molecule has 0 aliphatic carbocycles. The second-order valence-corrected chi connectivity index (χ2v) is 8.01. The highest BCUT2D eigenvalue weighted by Crippen LogP contribution is 2.31. The van der Waals surface area contributed by atoms with Crippen LogP contribution in [-0.4, -0.2) is 44.6 Å². The summed E-state index contributed by atoms with van der Waals surface area (Å²) >= 11 is -1.76. The number of imidazole rings is 1. The second-order valence-electron chi connectivity index (χ2n) is 6.66. The predicted octanol–water partition coefficient (Wildman–Crippen LogP) is 3.65. The molecule has 4 rings (SSSR count). The van der Waals surface area contributed by atoms with Crippen LogP contribution in [0.25, 0.3) is 11.0 Å². The van der Waals surface area contributed by atoms with Gasteiger partial charge in [0.15, 0.2) is 19.0 Å². The number of aromatic nitrogens is 3. The van der Waals surface area contributed by atoms with E-state index < -0.39 is 36.3 Å². The zero-order valence-electron chi connectivity index (χ0n) is 16.1. The molecule has 31 heavy (non-hydrogen) atoms. The zero-order valence-corrected chi connectivity index (χ0v) is 16.9. The Kier molecular flexibility index (Phi) is 5.67. The minimum absolute atomic E-state index is 0.00551. The van der Waals surface area contributed by atoms with Crippen molar-refractivity contribution in [2.75, 3.05) is 13.2 Å². The van der Waals surface area contributed by atoms with E-state index in [9.17, 15) is 22.5 Å². The van der Waals surface area contributed by atoms with E-state index in [0.717, 1.165) is 0 Å². The minimum atomic E-state index is -4.48. The molecule has 0 saturated carbocycles. The number of cyclic esters (lactones) is 2. The van der Waals surface area contributed by atoms with Crippen LogP contribution in [0.3, 0.4) is 0 Å². The van der Waals surface area contributed by atoms with Crippen molar-refractivity contribution in [1.82, 2.24) is 14.5 Å². The number of nitrogens with zero attached hydrogens (tertiary/aromatic N) is 3. The van der Waals surface area contributed by atoms with E-state index in [1.54, 1.807) is 31.2 Å². The molecule has 0 N–H and O–H groups in total. The number of hydrogen-bond acceptors (Lipinski definition) is 7. The fourth-order valence-corrected chi connectivity index (χ4v) is 4.42. The molecule has 2 atom stereocenters. The molecular weight excluding hydrogens is 439 g/mol. The van der Waals surface area contributed by atoms with Gasteiger partial charge in [0.25, 0.3) is 0 Å². The largest absolute Gasteiger partial charge is 0.609 e. The van der Waals surface area contributed by atoms with Gasteiger partial charge in [-0.25, -0.2) is 9.36 Å². The molecule has 1 saturated heterocycles. The number of rotatable bonds is 6. The van der Waals surface area contributed by atoms with E-state index in [1.165, 1.54) is 16.8 Å². The van der Waals surface area contributed by atoms with Crippen molar-refractivity contribution in [3.63, 3.8) is 0 Å². The third-order valence-electron chi connectivity index (χ3n) is 4.55. The molecule has 0 amide bonds. The van der Waals surface area contributed by atoms with Crippen molar-refractivity contribution < 1.29 is 36.7 Å². The third-order valence-corrected chi connectivity index (χ3v) is 5.78. The highest BCUT2D eigenvalue weighted by atomic mass is 32.2. The number of para-hydroxylation sites is 2. The quantitative estimate of drug-likeness (QED) is 0.413. The summed E-state index contributed by atoms with van der Waals surface area (Å²) in [6.07, 6.45) is -4.87. The number of fused-ring (bicyclic) bond motifs is 1. The first kappa shape index (κ1) is 21.2. The van der Waals surface area contributed by atoms with E-state index in [0.29, 0.717) is 22.3 Å². The van der Waals surface area contributed by atoms with Crippen LogP contribution in [0.2, 0.25) is 0 Å². The van der Waals surface area contributed by atoms with Crippen LogP contribution >= 0.6 is 0 Å². The molecule has 2 aromatic heterocycles. The molecule has 1 fully saturated rings. The average molecular weight is 455 g/mol. The van der Waals surface area contributed by atoms with E-state index in [2.05, 4.69) is 9.97 Å². The number of carbonyl (C=O) groups is 1. The first-order valence-electron chi connectivity index (χ1n) is 9.06. The molecule has 3 heterocycles. The maximum absolute atomic E-state index is 13.2. The van der Waals surface area contributed by atoms with Crippen LogP contribution in [0.1, 0.15) is 17.5 Å². The average Bonchev–Trinajstić information content (AvgIpc) is 3.31. The lowest BCUT2D eigenvalue weighted by Crippen LogP contribution is -2.21. The van der Waals surface area contributed by atoms with Crippen LogP contribution in [0.4, 0.5) is 18.0 Å². The van der Waals surface area contributed by atoms with Gasteiger partial charge in [0, 0.05) is 22.9 Å². The normalized spacial score (nSPS) is 17.5. The molecule has 3 aromatic rings. The Morgan fingerprint density at radius 1 is 1.32 bits per heavy atom. The Hall–Kier alpha value is -2.99. The minimum Gasteiger partial charge on any atom is -0.609 e. The molecule has 1 aliphatic heterocycles. The Balaban J connectivity index is 1.64. The number of benzene rings is 1. The van der Waals surface area contributed by atoms with Crippen LogP contribution in [0, 0.1) is 6.92 Å². The van der Waals surface area contributed by atoms with Crippen molar-refractivity contribution in [3.8, 4) is 5.75 Å². The molecule has 1 aromatic carbocycles. The van der Waals surface area contributed by atoms with Gasteiger partial charge in [-0.1, -0.05) is 12.1 Å². The van der Waals surface area contributed by atoms with Gasteiger partial charge in [-0.15, -0.1) is 0 Å². The summed E-state index contributed by atoms with van der Waals surface area (Å²) < 4.78 is 67.0. The van der Waals surface area contributed by atoms with Gasteiger partial charge in [-0.3, -0.25) is 4.98 Å². The maximum Gasteiger partial charge on any atom is 0.510 e. The summed E-state index contributed by atoms with van der Waals surface area (Å²) in [6.45, 7) is 0.0332. The van der Waals surface area contributed by atoms with Crippen molar-refractivity contribution in [3.05, 3.63) is 47.8 Å². The molecule has 0 radical (unpaired) electrons. The Morgan fingerprint density at radius 2 is 2.10 bits per heavy atom. The van der Waals surface area contributed by atoms with Gasteiger partial charge in [0.1, 0.15) is 5.75 Å². The van der Waals surface area contributed by atoms with Crippen molar-refractivity contribution in [1.29, 1.82) is 0 Å². The summed E-state index contributed by atoms with van der Waals surface area (Å²) in [7, 11) is 0. The van der Waals surface area contributed by atoms with E-state index >= 15 is 0 Å². The number of halogens is 3. The molecule has 2 unspecified atom stereocenters. The van der Waals surface area contributed by atoms with Crippen molar-refractivity contribution in [2.45, 2.75) is 30.2 Å². The molecule has 0 bridgehead atoms. The zero-order chi connectivity index (χ0) is 22.2. The molecule has 1 aliphatic rings. The van der Waals surface area contributed by atoms with E-state index in [4.69, 9.17) is 14.2 Å². The highest BCUT2D eigenvalue weighted by Gasteiger charge is 2.35. The summed E-state index contributed by atoms with van der Waals surface area (Å²) in [4.78, 5) is 20.0. The lowest BCUT2D eigenvalue weighted by atomic mass is 10.2. The monoisotopic (exact) mass is 455 g/mol. The number of ether oxygens (including phenoxy) is 3. The standard InChI is InChI=1S/C19H16F3N3O5S/c1-11-13(23-7-6-15(11)29-10-19(20,21)22)9-31(27)17-24-12-4-2-3-5-14(12)25(17)16-8-28-18(26)30-16/h2-7,16H,8-10H2,1H3. The van der Waals surface area contributed by atoms with Crippen LogP contribution in [0.15, 0.2) is 41.7 Å². The Labute approximate surface area is 177 Å². The van der Waals surface area contributed by atoms with Gasteiger partial charge in [0.05, 0.1) is 16.7 Å². The van der Waals surface area contributed by atoms with Crippen LogP contribution in [-0.2, 0) is 26.4 Å². The molecule has 8 nitrogen and oxygen atoms in total. The maximum atomic E-state index is 13.2.